The number of carbonyl (C=O) groups excluding carboxylic acids is 1. The molecular formula is C12H23NO4. The van der Waals surface area contributed by atoms with Crippen LogP contribution < -0.4 is 5.32 Å². The maximum Gasteiger partial charge on any atom is 0.329 e. The summed E-state index contributed by atoms with van der Waals surface area (Å²) >= 11 is 0. The van der Waals surface area contributed by atoms with Crippen LogP contribution in [0.3, 0.4) is 0 Å². The van der Waals surface area contributed by atoms with E-state index in [2.05, 4.69) is 26.1 Å². The SMILES string of the molecule is CC(C)(C)CC(C)(C)NC(=O)COCC(=O)O. The molecule has 0 rings (SSSR count). The van der Waals surface area contributed by atoms with Crippen LogP contribution in [-0.2, 0) is 14.3 Å². The molecule has 0 aromatic heterocycles. The standard InChI is InChI=1S/C12H23NO4/c1-11(2,3)8-12(4,5)13-9(14)6-17-7-10(15)16/h6-8H2,1-5H3,(H,13,14)(H,15,16). The van der Waals surface area contributed by atoms with Crippen molar-refractivity contribution in [3.05, 3.63) is 0 Å². The number of nitrogens with one attached hydrogen (secondary N) is 1. The van der Waals surface area contributed by atoms with Crippen LogP contribution in [0.25, 0.3) is 0 Å². The average Bonchev–Trinajstić information content (AvgIpc) is 1.95. The van der Waals surface area contributed by atoms with Crippen molar-refractivity contribution in [3.63, 3.8) is 0 Å². The molecule has 1 amide bonds. The predicted molar refractivity (Wildman–Crippen MR) is 64.7 cm³/mol. The minimum Gasteiger partial charge on any atom is -0.480 e. The Balaban J connectivity index is 4.05. The van der Waals surface area contributed by atoms with Gasteiger partial charge in [0.05, 0.1) is 0 Å². The zero-order valence-corrected chi connectivity index (χ0v) is 11.3. The van der Waals surface area contributed by atoms with Gasteiger partial charge in [0, 0.05) is 5.54 Å². The molecule has 0 radical (unpaired) electrons. The molecule has 0 spiro atoms. The summed E-state index contributed by atoms with van der Waals surface area (Å²) < 4.78 is 4.72. The van der Waals surface area contributed by atoms with Crippen molar-refractivity contribution in [2.45, 2.75) is 46.6 Å². The molecule has 17 heavy (non-hydrogen) atoms. The lowest BCUT2D eigenvalue weighted by Gasteiger charge is -2.33. The fraction of sp³-hybridized carbons (Fsp3) is 0.833. The number of rotatable bonds is 6. The second-order valence-corrected chi connectivity index (χ2v) is 6.06. The van der Waals surface area contributed by atoms with Gasteiger partial charge in [0.1, 0.15) is 13.2 Å². The van der Waals surface area contributed by atoms with Gasteiger partial charge in [-0.25, -0.2) is 4.79 Å². The minimum atomic E-state index is -1.08. The van der Waals surface area contributed by atoms with E-state index in [-0.39, 0.29) is 23.5 Å². The topological polar surface area (TPSA) is 75.6 Å². The van der Waals surface area contributed by atoms with Crippen molar-refractivity contribution in [1.82, 2.24) is 5.32 Å². The van der Waals surface area contributed by atoms with Crippen molar-refractivity contribution in [2.75, 3.05) is 13.2 Å². The normalized spacial score (nSPS) is 12.3. The molecule has 0 saturated carbocycles. The van der Waals surface area contributed by atoms with Crippen molar-refractivity contribution in [3.8, 4) is 0 Å². The zero-order valence-electron chi connectivity index (χ0n) is 11.3. The maximum atomic E-state index is 11.5. The average molecular weight is 245 g/mol. The molecule has 0 heterocycles. The Bertz CT molecular complexity index is 279. The van der Waals surface area contributed by atoms with Crippen LogP contribution >= 0.6 is 0 Å². The third kappa shape index (κ3) is 9.81. The fourth-order valence-corrected chi connectivity index (χ4v) is 2.01. The van der Waals surface area contributed by atoms with Gasteiger partial charge >= 0.3 is 5.97 Å². The van der Waals surface area contributed by atoms with Gasteiger partial charge in [0.25, 0.3) is 0 Å². The Morgan fingerprint density at radius 2 is 1.65 bits per heavy atom. The number of hydrogen-bond acceptors (Lipinski definition) is 3. The summed E-state index contributed by atoms with van der Waals surface area (Å²) in [5.74, 6) is -1.37. The quantitative estimate of drug-likeness (QED) is 0.742. The number of ether oxygens (including phenoxy) is 1. The molecule has 0 aliphatic heterocycles. The van der Waals surface area contributed by atoms with E-state index in [9.17, 15) is 9.59 Å². The lowest BCUT2D eigenvalue weighted by Crippen LogP contribution is -2.47. The summed E-state index contributed by atoms with van der Waals surface area (Å²) in [4.78, 5) is 21.7. The maximum absolute atomic E-state index is 11.5. The summed E-state index contributed by atoms with van der Waals surface area (Å²) in [5.41, 5.74) is -0.222. The lowest BCUT2D eigenvalue weighted by atomic mass is 9.82. The van der Waals surface area contributed by atoms with Crippen molar-refractivity contribution >= 4 is 11.9 Å². The van der Waals surface area contributed by atoms with Gasteiger partial charge in [0.2, 0.25) is 5.91 Å². The van der Waals surface area contributed by atoms with E-state index in [1.54, 1.807) is 0 Å². The highest BCUT2D eigenvalue weighted by Crippen LogP contribution is 2.26. The Kier molecular flexibility index (Phi) is 5.61. The molecule has 100 valence electrons. The Labute approximate surface area is 103 Å². The first-order valence-electron chi connectivity index (χ1n) is 5.62. The molecule has 0 aromatic carbocycles. The number of aliphatic carboxylic acids is 1. The number of carbonyl (C=O) groups is 2. The molecule has 0 saturated heterocycles. The van der Waals surface area contributed by atoms with Crippen LogP contribution in [0.5, 0.6) is 0 Å². The van der Waals surface area contributed by atoms with Crippen LogP contribution in [0.4, 0.5) is 0 Å². The molecule has 0 aliphatic carbocycles. The van der Waals surface area contributed by atoms with Gasteiger partial charge < -0.3 is 15.2 Å². The van der Waals surface area contributed by atoms with Crippen molar-refractivity contribution < 1.29 is 19.4 Å². The number of amides is 1. The molecule has 0 fully saturated rings. The van der Waals surface area contributed by atoms with E-state index in [0.717, 1.165) is 6.42 Å². The monoisotopic (exact) mass is 245 g/mol. The number of hydrogen-bond donors (Lipinski definition) is 2. The molecule has 5 heteroatoms. The summed E-state index contributed by atoms with van der Waals surface area (Å²) in [7, 11) is 0. The Morgan fingerprint density at radius 1 is 1.12 bits per heavy atom. The second kappa shape index (κ2) is 6.00. The van der Waals surface area contributed by atoms with E-state index < -0.39 is 12.6 Å². The van der Waals surface area contributed by atoms with E-state index in [4.69, 9.17) is 9.84 Å². The summed E-state index contributed by atoms with van der Waals surface area (Å²) in [6.45, 7) is 9.50. The number of carboxylic acids is 1. The van der Waals surface area contributed by atoms with E-state index in [0.29, 0.717) is 0 Å². The highest BCUT2D eigenvalue weighted by molar-refractivity contribution is 5.78. The largest absolute Gasteiger partial charge is 0.480 e. The molecule has 0 aromatic rings. The van der Waals surface area contributed by atoms with Crippen LogP contribution in [0, 0.1) is 5.41 Å². The molecule has 5 nitrogen and oxygen atoms in total. The Hall–Kier alpha value is -1.10. The van der Waals surface area contributed by atoms with Gasteiger partial charge in [-0.1, -0.05) is 20.8 Å². The third-order valence-corrected chi connectivity index (χ3v) is 1.91. The Morgan fingerprint density at radius 3 is 2.06 bits per heavy atom. The van der Waals surface area contributed by atoms with Gasteiger partial charge in [-0.3, -0.25) is 4.79 Å². The van der Waals surface area contributed by atoms with Gasteiger partial charge in [-0.2, -0.15) is 0 Å². The molecule has 0 bridgehead atoms. The van der Waals surface area contributed by atoms with Crippen LogP contribution in [0.1, 0.15) is 41.0 Å². The summed E-state index contributed by atoms with van der Waals surface area (Å²) in [5, 5.41) is 11.2. The fourth-order valence-electron chi connectivity index (χ4n) is 2.01. The predicted octanol–water partition coefficient (Wildman–Crippen LogP) is 1.42. The van der Waals surface area contributed by atoms with E-state index in [1.807, 2.05) is 13.8 Å². The number of carboxylic acid groups (broad SMARTS) is 1. The molecule has 0 atom stereocenters. The van der Waals surface area contributed by atoms with Crippen LogP contribution in [-0.4, -0.2) is 35.7 Å². The highest BCUT2D eigenvalue weighted by atomic mass is 16.5. The van der Waals surface area contributed by atoms with Crippen molar-refractivity contribution in [2.24, 2.45) is 5.41 Å². The molecule has 0 unspecified atom stereocenters. The summed E-state index contributed by atoms with van der Waals surface area (Å²) in [6, 6.07) is 0. The lowest BCUT2D eigenvalue weighted by molar-refractivity contribution is -0.143. The molecular weight excluding hydrogens is 222 g/mol. The zero-order chi connectivity index (χ0) is 13.7. The smallest absolute Gasteiger partial charge is 0.329 e. The molecule has 0 aliphatic rings. The minimum absolute atomic E-state index is 0.110. The third-order valence-electron chi connectivity index (χ3n) is 1.91. The van der Waals surface area contributed by atoms with Gasteiger partial charge in [-0.05, 0) is 25.7 Å². The first kappa shape index (κ1) is 15.9. The summed E-state index contributed by atoms with van der Waals surface area (Å²) in [6.07, 6.45) is 0.824. The van der Waals surface area contributed by atoms with E-state index in [1.165, 1.54) is 0 Å². The van der Waals surface area contributed by atoms with Gasteiger partial charge in [-0.15, -0.1) is 0 Å². The van der Waals surface area contributed by atoms with Crippen LogP contribution in [0.15, 0.2) is 0 Å². The first-order valence-corrected chi connectivity index (χ1v) is 5.62. The first-order chi connectivity index (χ1) is 7.52. The molecule has 2 N–H and O–H groups in total. The highest BCUT2D eigenvalue weighted by Gasteiger charge is 2.26. The van der Waals surface area contributed by atoms with Crippen LogP contribution in [0.2, 0.25) is 0 Å². The second-order valence-electron chi connectivity index (χ2n) is 6.06. The van der Waals surface area contributed by atoms with E-state index >= 15 is 0 Å². The van der Waals surface area contributed by atoms with Crippen molar-refractivity contribution in [1.29, 1.82) is 0 Å². The van der Waals surface area contributed by atoms with Gasteiger partial charge in [0.15, 0.2) is 0 Å².